The van der Waals surface area contributed by atoms with E-state index in [0.29, 0.717) is 13.2 Å². The lowest BCUT2D eigenvalue weighted by Gasteiger charge is -2.36. The zero-order valence-electron chi connectivity index (χ0n) is 14.6. The maximum atomic E-state index is 10.3. The second kappa shape index (κ2) is 8.56. The summed E-state index contributed by atoms with van der Waals surface area (Å²) in [5, 5.41) is 11.0. The Bertz CT molecular complexity index is 670. The van der Waals surface area contributed by atoms with E-state index in [4.69, 9.17) is 16.3 Å². The van der Waals surface area contributed by atoms with Gasteiger partial charge in [-0.15, -0.1) is 0 Å². The Morgan fingerprint density at radius 3 is 2.40 bits per heavy atom. The molecule has 1 saturated heterocycles. The van der Waals surface area contributed by atoms with Gasteiger partial charge in [0.1, 0.15) is 18.5 Å². The molecule has 1 aliphatic heterocycles. The first-order valence-electron chi connectivity index (χ1n) is 8.71. The average molecular weight is 361 g/mol. The van der Waals surface area contributed by atoms with Crippen molar-refractivity contribution in [3.8, 4) is 5.75 Å². The van der Waals surface area contributed by atoms with Crippen molar-refractivity contribution in [2.75, 3.05) is 44.2 Å². The van der Waals surface area contributed by atoms with Crippen LogP contribution in [0.1, 0.15) is 5.56 Å². The molecule has 0 bridgehead atoms. The highest BCUT2D eigenvalue weighted by molar-refractivity contribution is 6.30. The molecular weight excluding hydrogens is 336 g/mol. The molecule has 0 aliphatic carbocycles. The van der Waals surface area contributed by atoms with Crippen molar-refractivity contribution < 1.29 is 9.84 Å². The van der Waals surface area contributed by atoms with Crippen LogP contribution in [0.15, 0.2) is 48.5 Å². The van der Waals surface area contributed by atoms with E-state index in [-0.39, 0.29) is 0 Å². The molecule has 5 heteroatoms. The molecule has 0 aromatic heterocycles. The first kappa shape index (κ1) is 18.1. The van der Waals surface area contributed by atoms with E-state index < -0.39 is 6.10 Å². The van der Waals surface area contributed by atoms with Gasteiger partial charge in [0.15, 0.2) is 0 Å². The van der Waals surface area contributed by atoms with Crippen LogP contribution < -0.4 is 9.64 Å². The van der Waals surface area contributed by atoms with Crippen molar-refractivity contribution in [3.05, 3.63) is 59.1 Å². The number of ether oxygens (including phenoxy) is 1. The second-order valence-electron chi connectivity index (χ2n) is 6.49. The number of β-amino-alcohol motifs (C(OH)–C–C–N with tert-alkyl or cyclic N) is 1. The Morgan fingerprint density at radius 1 is 1.04 bits per heavy atom. The minimum atomic E-state index is -0.485. The molecule has 2 aromatic rings. The molecule has 0 spiro atoms. The molecule has 0 saturated carbocycles. The summed E-state index contributed by atoms with van der Waals surface area (Å²) in [5.41, 5.74) is 2.29. The number of benzene rings is 2. The van der Waals surface area contributed by atoms with Crippen LogP contribution in [0.5, 0.6) is 5.75 Å². The van der Waals surface area contributed by atoms with Crippen molar-refractivity contribution in [3.63, 3.8) is 0 Å². The van der Waals surface area contributed by atoms with Gasteiger partial charge in [-0.2, -0.15) is 0 Å². The van der Waals surface area contributed by atoms with Gasteiger partial charge in [0.25, 0.3) is 0 Å². The molecule has 1 fully saturated rings. The van der Waals surface area contributed by atoms with Crippen LogP contribution in [0, 0.1) is 6.92 Å². The van der Waals surface area contributed by atoms with Crippen LogP contribution in [-0.2, 0) is 0 Å². The number of nitrogens with zero attached hydrogens (tertiary/aromatic N) is 2. The van der Waals surface area contributed by atoms with E-state index in [1.807, 2.05) is 43.3 Å². The molecule has 1 aliphatic rings. The lowest BCUT2D eigenvalue weighted by molar-refractivity contribution is 0.0661. The molecule has 1 atom stereocenters. The Hall–Kier alpha value is -1.75. The molecular formula is C20H25ClN2O2. The van der Waals surface area contributed by atoms with E-state index >= 15 is 0 Å². The number of rotatable bonds is 6. The summed E-state index contributed by atoms with van der Waals surface area (Å²) in [4.78, 5) is 4.64. The predicted molar refractivity (Wildman–Crippen MR) is 103 cm³/mol. The van der Waals surface area contributed by atoms with Crippen molar-refractivity contribution in [1.82, 2.24) is 4.90 Å². The number of aliphatic hydroxyl groups excluding tert-OH is 1. The summed E-state index contributed by atoms with van der Waals surface area (Å²) in [7, 11) is 0. The maximum Gasteiger partial charge on any atom is 0.122 e. The van der Waals surface area contributed by atoms with Gasteiger partial charge in [-0.1, -0.05) is 29.8 Å². The molecule has 3 rings (SSSR count). The molecule has 2 aromatic carbocycles. The minimum absolute atomic E-state index is 0.322. The lowest BCUT2D eigenvalue weighted by Crippen LogP contribution is -2.49. The third kappa shape index (κ3) is 5.11. The molecule has 0 unspecified atom stereocenters. The normalized spacial score (nSPS) is 16.7. The van der Waals surface area contributed by atoms with E-state index in [1.54, 1.807) is 0 Å². The first-order chi connectivity index (χ1) is 12.1. The lowest BCUT2D eigenvalue weighted by atomic mass is 10.2. The zero-order valence-corrected chi connectivity index (χ0v) is 15.3. The Balaban J connectivity index is 1.42. The fourth-order valence-electron chi connectivity index (χ4n) is 3.10. The summed E-state index contributed by atoms with van der Waals surface area (Å²) in [6.45, 7) is 6.74. The SMILES string of the molecule is Cc1ccccc1OC[C@H](O)CN1CCN(c2ccc(Cl)cc2)CC1. The first-order valence-corrected chi connectivity index (χ1v) is 9.09. The molecule has 4 nitrogen and oxygen atoms in total. The Kier molecular flexibility index (Phi) is 6.19. The van der Waals surface area contributed by atoms with Gasteiger partial charge in [-0.05, 0) is 42.8 Å². The van der Waals surface area contributed by atoms with Crippen LogP contribution in [0.25, 0.3) is 0 Å². The molecule has 0 radical (unpaired) electrons. The van der Waals surface area contributed by atoms with Crippen molar-refractivity contribution >= 4 is 17.3 Å². The van der Waals surface area contributed by atoms with Crippen LogP contribution in [-0.4, -0.2) is 55.4 Å². The van der Waals surface area contributed by atoms with Crippen LogP contribution in [0.3, 0.4) is 0 Å². The Morgan fingerprint density at radius 2 is 1.72 bits per heavy atom. The average Bonchev–Trinajstić information content (AvgIpc) is 2.62. The van der Waals surface area contributed by atoms with Crippen LogP contribution >= 0.6 is 11.6 Å². The van der Waals surface area contributed by atoms with Crippen LogP contribution in [0.2, 0.25) is 5.02 Å². The summed E-state index contributed by atoms with van der Waals surface area (Å²) < 4.78 is 5.74. The quantitative estimate of drug-likeness (QED) is 0.858. The summed E-state index contributed by atoms with van der Waals surface area (Å²) in [6.07, 6.45) is -0.485. The van der Waals surface area contributed by atoms with Gasteiger partial charge < -0.3 is 14.7 Å². The minimum Gasteiger partial charge on any atom is -0.491 e. The smallest absolute Gasteiger partial charge is 0.122 e. The van der Waals surface area contributed by atoms with E-state index in [9.17, 15) is 5.11 Å². The van der Waals surface area contributed by atoms with E-state index in [2.05, 4.69) is 21.9 Å². The second-order valence-corrected chi connectivity index (χ2v) is 6.93. The van der Waals surface area contributed by atoms with E-state index in [0.717, 1.165) is 42.5 Å². The molecule has 134 valence electrons. The Labute approximate surface area is 154 Å². The fourth-order valence-corrected chi connectivity index (χ4v) is 3.22. The molecule has 0 amide bonds. The zero-order chi connectivity index (χ0) is 17.6. The van der Waals surface area contributed by atoms with Gasteiger partial charge >= 0.3 is 0 Å². The number of piperazine rings is 1. The summed E-state index contributed by atoms with van der Waals surface area (Å²) >= 11 is 5.95. The monoisotopic (exact) mass is 360 g/mol. The molecule has 1 heterocycles. The third-order valence-corrected chi connectivity index (χ3v) is 4.81. The number of anilines is 1. The maximum absolute atomic E-state index is 10.3. The van der Waals surface area contributed by atoms with Gasteiger partial charge in [-0.3, -0.25) is 4.90 Å². The topological polar surface area (TPSA) is 35.9 Å². The summed E-state index contributed by atoms with van der Waals surface area (Å²) in [6, 6.07) is 15.9. The fraction of sp³-hybridized carbons (Fsp3) is 0.400. The van der Waals surface area contributed by atoms with Crippen molar-refractivity contribution in [2.45, 2.75) is 13.0 Å². The molecule has 25 heavy (non-hydrogen) atoms. The van der Waals surface area contributed by atoms with E-state index in [1.165, 1.54) is 5.69 Å². The number of aryl methyl sites for hydroxylation is 1. The largest absolute Gasteiger partial charge is 0.491 e. The number of halogens is 1. The van der Waals surface area contributed by atoms with Crippen molar-refractivity contribution in [1.29, 1.82) is 0 Å². The standard InChI is InChI=1S/C20H25ClN2O2/c1-16-4-2-3-5-20(16)25-15-19(24)14-22-10-12-23(13-11-22)18-8-6-17(21)7-9-18/h2-9,19,24H,10-15H2,1H3/t19-/m1/s1. The summed E-state index contributed by atoms with van der Waals surface area (Å²) in [5.74, 6) is 0.842. The highest BCUT2D eigenvalue weighted by Gasteiger charge is 2.19. The van der Waals surface area contributed by atoms with Crippen molar-refractivity contribution in [2.24, 2.45) is 0 Å². The van der Waals surface area contributed by atoms with Gasteiger partial charge in [-0.25, -0.2) is 0 Å². The number of para-hydroxylation sites is 1. The highest BCUT2D eigenvalue weighted by atomic mass is 35.5. The predicted octanol–water partition coefficient (Wildman–Crippen LogP) is 3.21. The number of hydrogen-bond acceptors (Lipinski definition) is 4. The van der Waals surface area contributed by atoms with Gasteiger partial charge in [0.05, 0.1) is 0 Å². The third-order valence-electron chi connectivity index (χ3n) is 4.56. The van der Waals surface area contributed by atoms with Gasteiger partial charge in [0.2, 0.25) is 0 Å². The van der Waals surface area contributed by atoms with Gasteiger partial charge in [0, 0.05) is 43.4 Å². The highest BCUT2D eigenvalue weighted by Crippen LogP contribution is 2.20. The number of hydrogen-bond donors (Lipinski definition) is 1. The number of aliphatic hydroxyl groups is 1. The van der Waals surface area contributed by atoms with Crippen LogP contribution in [0.4, 0.5) is 5.69 Å². The molecule has 1 N–H and O–H groups in total.